The van der Waals surface area contributed by atoms with Crippen LogP contribution in [0.1, 0.15) is 45.9 Å². The van der Waals surface area contributed by atoms with Crippen LogP contribution in [0.5, 0.6) is 17.2 Å². The van der Waals surface area contributed by atoms with Gasteiger partial charge in [-0.1, -0.05) is 133 Å². The number of nitrogens with one attached hydrogen (secondary N) is 3. The molecule has 7 rings (SSSR count). The third-order valence-corrected chi connectivity index (χ3v) is 12.4. The standard InChI is InChI=1S/C60H55F5N4O13/c1-77-58(74)53(69-56(72)44(66)29-42(70)30-67-59(75)80-33-37-18-10-4-11-19-37)54(71)43-27-40(23-25-47(43)79-32-36-16-8-3-9-17-36)39-22-24-46(78-31-35-14-6-2-7-15-35)41(26-39)28-45(68-60(76)81-34-38-20-12-5-13-21-38)57(73)82-55-51(64)49(62)48(61)50(63)52(55)65/h2-27,42,44-45,53-54,70-71H,28-34,66H2,1H3,(H,67,75)(H,68,76)(H,69,72)/t42-,44+,45+,53+,54-/m1/s1. The molecule has 3 amide bonds. The van der Waals surface area contributed by atoms with Gasteiger partial charge in [-0.25, -0.2) is 32.3 Å². The molecule has 0 aliphatic rings. The zero-order valence-electron chi connectivity index (χ0n) is 43.7. The third-order valence-electron chi connectivity index (χ3n) is 12.4. The molecule has 5 atom stereocenters. The van der Waals surface area contributed by atoms with Gasteiger partial charge in [0.2, 0.25) is 40.7 Å². The molecule has 0 spiro atoms. The number of hydrogen-bond donors (Lipinski definition) is 6. The summed E-state index contributed by atoms with van der Waals surface area (Å²) in [4.78, 5) is 66.8. The Labute approximate surface area is 466 Å². The van der Waals surface area contributed by atoms with Crippen LogP contribution in [0, 0.1) is 29.1 Å². The molecule has 7 aromatic rings. The minimum absolute atomic E-state index is 0.0189. The Bertz CT molecular complexity index is 3290. The summed E-state index contributed by atoms with van der Waals surface area (Å²) < 4.78 is 105. The van der Waals surface area contributed by atoms with Crippen LogP contribution in [0.2, 0.25) is 0 Å². The van der Waals surface area contributed by atoms with Crippen LogP contribution in [0.15, 0.2) is 158 Å². The maximum atomic E-state index is 15.0. The summed E-state index contributed by atoms with van der Waals surface area (Å²) in [7, 11) is 1.01. The Morgan fingerprint density at radius 3 is 1.54 bits per heavy atom. The average molecular weight is 1140 g/mol. The van der Waals surface area contributed by atoms with E-state index in [1.807, 2.05) is 0 Å². The normalized spacial score (nSPS) is 12.8. The maximum Gasteiger partial charge on any atom is 0.408 e. The number of carbonyl (C=O) groups excluding carboxylic acids is 5. The molecule has 17 nitrogen and oxygen atoms in total. The van der Waals surface area contributed by atoms with Gasteiger partial charge in [0.15, 0.2) is 6.04 Å². The molecule has 0 heterocycles. The SMILES string of the molecule is COC(=O)[C@@H](NC(=O)[C@@H](N)C[C@@H](O)CNC(=O)OCc1ccccc1)[C@H](O)c1cc(-c2ccc(OCc3ccccc3)c(C[C@H](NC(=O)OCc3ccccc3)C(=O)Oc3c(F)c(F)c(F)c(F)c3F)c2)ccc1OCc1ccccc1. The Morgan fingerprint density at radius 1 is 0.549 bits per heavy atom. The van der Waals surface area contributed by atoms with Crippen molar-refractivity contribution in [2.45, 2.75) is 69.6 Å². The van der Waals surface area contributed by atoms with Crippen LogP contribution in [-0.4, -0.2) is 78.1 Å². The lowest BCUT2D eigenvalue weighted by atomic mass is 9.94. The van der Waals surface area contributed by atoms with Crippen molar-refractivity contribution in [3.8, 4) is 28.4 Å². The monoisotopic (exact) mass is 1130 g/mol. The van der Waals surface area contributed by atoms with E-state index in [4.69, 9.17) is 34.2 Å². The van der Waals surface area contributed by atoms with Crippen molar-refractivity contribution in [3.63, 3.8) is 0 Å². The summed E-state index contributed by atoms with van der Waals surface area (Å²) in [5.74, 6) is -17.9. The number of halogens is 5. The van der Waals surface area contributed by atoms with Crippen molar-refractivity contribution < 1.29 is 84.6 Å². The lowest BCUT2D eigenvalue weighted by molar-refractivity contribution is -0.148. The van der Waals surface area contributed by atoms with Crippen molar-refractivity contribution in [1.29, 1.82) is 0 Å². The second kappa shape index (κ2) is 29.2. The van der Waals surface area contributed by atoms with E-state index in [1.165, 1.54) is 24.3 Å². The quantitative estimate of drug-likeness (QED) is 0.00787. The van der Waals surface area contributed by atoms with Crippen LogP contribution in [0.4, 0.5) is 31.5 Å². The third kappa shape index (κ3) is 16.6. The highest BCUT2D eigenvalue weighted by Crippen LogP contribution is 2.36. The molecular formula is C60H55F5N4O13. The van der Waals surface area contributed by atoms with Crippen LogP contribution in [0.25, 0.3) is 11.1 Å². The number of amides is 3. The molecule has 7 N–H and O–H groups in total. The van der Waals surface area contributed by atoms with E-state index in [0.717, 1.165) is 12.7 Å². The number of benzene rings is 7. The Balaban J connectivity index is 1.20. The fourth-order valence-corrected chi connectivity index (χ4v) is 8.08. The summed E-state index contributed by atoms with van der Waals surface area (Å²) in [5.41, 5.74) is 9.36. The number of methoxy groups -OCH3 is 1. The van der Waals surface area contributed by atoms with Crippen LogP contribution < -0.4 is 35.9 Å². The minimum atomic E-state index is -2.51. The topological polar surface area (TPSA) is 243 Å². The molecule has 82 heavy (non-hydrogen) atoms. The highest BCUT2D eigenvalue weighted by atomic mass is 19.2. The molecule has 0 saturated heterocycles. The highest BCUT2D eigenvalue weighted by Gasteiger charge is 2.36. The lowest BCUT2D eigenvalue weighted by Crippen LogP contribution is -2.52. The molecule has 0 aliphatic carbocycles. The number of nitrogens with two attached hydrogens (primary N) is 1. The number of aliphatic hydroxyl groups is 2. The summed E-state index contributed by atoms with van der Waals surface area (Å²) >= 11 is 0. The fourth-order valence-electron chi connectivity index (χ4n) is 8.08. The van der Waals surface area contributed by atoms with Gasteiger partial charge in [-0.2, -0.15) is 8.78 Å². The van der Waals surface area contributed by atoms with Gasteiger partial charge in [0, 0.05) is 18.5 Å². The van der Waals surface area contributed by atoms with Gasteiger partial charge in [0.05, 0.1) is 19.3 Å². The Hall–Kier alpha value is -9.38. The first-order chi connectivity index (χ1) is 39.5. The van der Waals surface area contributed by atoms with E-state index < -0.39 is 108 Å². The molecule has 428 valence electrons. The largest absolute Gasteiger partial charge is 0.489 e. The van der Waals surface area contributed by atoms with E-state index in [1.54, 1.807) is 133 Å². The number of alkyl carbamates (subject to hydrolysis) is 2. The Morgan fingerprint density at radius 2 is 1.01 bits per heavy atom. The van der Waals surface area contributed by atoms with Crippen molar-refractivity contribution >= 4 is 30.0 Å². The molecule has 0 aliphatic heterocycles. The summed E-state index contributed by atoms with van der Waals surface area (Å²) in [6.45, 7) is -0.844. The number of ether oxygens (including phenoxy) is 6. The molecule has 0 aromatic heterocycles. The maximum absolute atomic E-state index is 15.0. The Kier molecular flexibility index (Phi) is 21.5. The number of esters is 2. The zero-order chi connectivity index (χ0) is 58.7. The van der Waals surface area contributed by atoms with Gasteiger partial charge in [-0.3, -0.25) is 4.79 Å². The predicted molar refractivity (Wildman–Crippen MR) is 285 cm³/mol. The van der Waals surface area contributed by atoms with E-state index in [9.17, 15) is 56.1 Å². The van der Waals surface area contributed by atoms with Crippen LogP contribution in [-0.2, 0) is 61.4 Å². The van der Waals surface area contributed by atoms with Crippen molar-refractivity contribution in [3.05, 3.63) is 220 Å². The fraction of sp³-hybridized carbons (Fsp3) is 0.217. The lowest BCUT2D eigenvalue weighted by Gasteiger charge is -2.26. The minimum Gasteiger partial charge on any atom is -0.489 e. The molecular weight excluding hydrogens is 1080 g/mol. The molecule has 0 saturated carbocycles. The molecule has 0 radical (unpaired) electrons. The highest BCUT2D eigenvalue weighted by molar-refractivity contribution is 5.88. The summed E-state index contributed by atoms with van der Waals surface area (Å²) in [6.07, 6.45) is -6.51. The second-order valence-electron chi connectivity index (χ2n) is 18.3. The van der Waals surface area contributed by atoms with Crippen LogP contribution >= 0.6 is 0 Å². The number of carbonyl (C=O) groups is 5. The van der Waals surface area contributed by atoms with Crippen molar-refractivity contribution in [1.82, 2.24) is 16.0 Å². The first-order valence-corrected chi connectivity index (χ1v) is 25.2. The first kappa shape index (κ1) is 60.3. The second-order valence-corrected chi connectivity index (χ2v) is 18.3. The summed E-state index contributed by atoms with van der Waals surface area (Å²) in [5, 5.41) is 30.0. The van der Waals surface area contributed by atoms with Gasteiger partial charge < -0.3 is 60.3 Å². The number of rotatable bonds is 25. The molecule has 7 aromatic carbocycles. The van der Waals surface area contributed by atoms with E-state index in [0.29, 0.717) is 16.7 Å². The first-order valence-electron chi connectivity index (χ1n) is 25.2. The number of aliphatic hydroxyl groups excluding tert-OH is 2. The van der Waals surface area contributed by atoms with Gasteiger partial charge in [0.25, 0.3) is 0 Å². The van der Waals surface area contributed by atoms with Gasteiger partial charge >= 0.3 is 24.1 Å². The van der Waals surface area contributed by atoms with Crippen LogP contribution in [0.3, 0.4) is 0 Å². The van der Waals surface area contributed by atoms with Crippen molar-refractivity contribution in [2.75, 3.05) is 13.7 Å². The van der Waals surface area contributed by atoms with Gasteiger partial charge in [0.1, 0.15) is 50.1 Å². The van der Waals surface area contributed by atoms with E-state index >= 15 is 0 Å². The predicted octanol–water partition coefficient (Wildman–Crippen LogP) is 8.35. The van der Waals surface area contributed by atoms with Gasteiger partial charge in [-0.15, -0.1) is 0 Å². The zero-order valence-corrected chi connectivity index (χ0v) is 43.7. The smallest absolute Gasteiger partial charge is 0.408 e. The molecule has 0 bridgehead atoms. The molecule has 22 heteroatoms. The summed E-state index contributed by atoms with van der Waals surface area (Å²) in [6, 6.07) is 38.3. The molecule has 0 fully saturated rings. The average Bonchev–Trinajstić information content (AvgIpc) is 3.60. The number of hydrogen-bond acceptors (Lipinski definition) is 14. The molecule has 0 unspecified atom stereocenters. The van der Waals surface area contributed by atoms with Crippen molar-refractivity contribution in [2.24, 2.45) is 5.73 Å². The van der Waals surface area contributed by atoms with E-state index in [-0.39, 0.29) is 66.7 Å². The van der Waals surface area contributed by atoms with Gasteiger partial charge in [-0.05, 0) is 69.6 Å². The van der Waals surface area contributed by atoms with E-state index in [2.05, 4.69) is 16.0 Å².